The fourth-order valence-corrected chi connectivity index (χ4v) is 1.97. The summed E-state index contributed by atoms with van der Waals surface area (Å²) in [6.45, 7) is -3.81. The van der Waals surface area contributed by atoms with E-state index in [2.05, 4.69) is 4.18 Å². The zero-order chi connectivity index (χ0) is 14.8. The predicted octanol–water partition coefficient (Wildman–Crippen LogP) is 1.98. The predicted molar refractivity (Wildman–Crippen MR) is 62.5 cm³/mol. The topological polar surface area (TPSA) is 69.4 Å². The largest absolute Gasteiger partial charge is 0.488 e. The first-order valence-electron chi connectivity index (χ1n) is 5.19. The van der Waals surface area contributed by atoms with Gasteiger partial charge in [0.25, 0.3) is 0 Å². The average molecular weight is 300 g/mol. The third-order valence-electron chi connectivity index (χ3n) is 2.46. The Balaban J connectivity index is 3.26. The van der Waals surface area contributed by atoms with Crippen molar-refractivity contribution in [2.75, 3.05) is 0 Å². The van der Waals surface area contributed by atoms with Gasteiger partial charge in [0.05, 0.1) is 0 Å². The Morgan fingerprint density at radius 1 is 1.26 bits per heavy atom. The van der Waals surface area contributed by atoms with Crippen molar-refractivity contribution in [3.8, 4) is 5.75 Å². The van der Waals surface area contributed by atoms with E-state index in [0.717, 1.165) is 12.1 Å². The molecule has 0 unspecified atom stereocenters. The van der Waals surface area contributed by atoms with Gasteiger partial charge in [0.1, 0.15) is 5.75 Å². The van der Waals surface area contributed by atoms with E-state index in [1.54, 1.807) is 0 Å². The highest BCUT2D eigenvalue weighted by molar-refractivity contribution is 7.81. The molecule has 1 aromatic carbocycles. The fourth-order valence-electron chi connectivity index (χ4n) is 1.64. The number of rotatable bonds is 5. The first-order valence-corrected chi connectivity index (χ1v) is 6.50. The number of halogens is 4. The van der Waals surface area contributed by atoms with Crippen LogP contribution < -0.4 is 9.92 Å². The lowest BCUT2D eigenvalue weighted by Gasteiger charge is -2.18. The molecule has 0 fully saturated rings. The van der Waals surface area contributed by atoms with Gasteiger partial charge < -0.3 is 22.9 Å². The Hall–Kier alpha value is -1.29. The van der Waals surface area contributed by atoms with Crippen molar-refractivity contribution in [2.24, 2.45) is 5.73 Å². The molecular weight excluding hydrogens is 289 g/mol. The summed E-state index contributed by atoms with van der Waals surface area (Å²) in [5.41, 5.74) is 5.70. The second-order valence-electron chi connectivity index (χ2n) is 3.96. The van der Waals surface area contributed by atoms with Crippen LogP contribution in [-0.4, -0.2) is 15.4 Å². The molecule has 0 amide bonds. The molecule has 0 spiro atoms. The van der Waals surface area contributed by atoms with Gasteiger partial charge in [-0.25, -0.2) is 0 Å². The molecule has 2 N–H and O–H groups in total. The monoisotopic (exact) mass is 300 g/mol. The van der Waals surface area contributed by atoms with Crippen molar-refractivity contribution in [3.05, 3.63) is 28.8 Å². The molecule has 1 aromatic rings. The van der Waals surface area contributed by atoms with Gasteiger partial charge in [-0.15, -0.1) is 0 Å². The van der Waals surface area contributed by atoms with Gasteiger partial charge in [0, 0.05) is 6.54 Å². The second-order valence-corrected chi connectivity index (χ2v) is 4.91. The fraction of sp³-hybridized carbons (Fsp3) is 0.333. The van der Waals surface area contributed by atoms with Crippen LogP contribution in [0.25, 0.3) is 0 Å². The first kappa shape index (κ1) is 15.8. The second kappa shape index (κ2) is 5.37. The average Bonchev–Trinajstić information content (AvgIpc) is 2.18. The molecular formula is C9H11BF4NO3S-. The van der Waals surface area contributed by atoms with Gasteiger partial charge in [-0.3, -0.25) is 0 Å². The molecule has 10 heteroatoms. The Morgan fingerprint density at radius 3 is 2.21 bits per heavy atom. The molecule has 108 valence electrons. The van der Waals surface area contributed by atoms with Gasteiger partial charge in [0.15, 0.2) is 0 Å². The molecule has 0 aromatic heterocycles. The molecule has 0 aliphatic heterocycles. The summed E-state index contributed by atoms with van der Waals surface area (Å²) in [6, 6.07) is 1.94. The molecule has 0 atom stereocenters. The third-order valence-corrected chi connectivity index (χ3v) is 2.85. The molecule has 0 aliphatic rings. The summed E-state index contributed by atoms with van der Waals surface area (Å²) >= 11 is 0. The number of nitrogens with two attached hydrogens (primary N) is 1. The van der Waals surface area contributed by atoms with Crippen LogP contribution in [0.5, 0.6) is 5.75 Å². The highest BCUT2D eigenvalue weighted by Crippen LogP contribution is 2.27. The van der Waals surface area contributed by atoms with Gasteiger partial charge in [-0.2, -0.15) is 8.42 Å². The van der Waals surface area contributed by atoms with E-state index in [1.807, 2.05) is 0 Å². The van der Waals surface area contributed by atoms with Crippen molar-refractivity contribution in [3.63, 3.8) is 0 Å². The van der Waals surface area contributed by atoms with Crippen LogP contribution in [0.1, 0.15) is 16.7 Å². The Kier molecular flexibility index (Phi) is 4.46. The van der Waals surface area contributed by atoms with Crippen molar-refractivity contribution in [1.82, 2.24) is 0 Å². The highest BCUT2D eigenvalue weighted by Gasteiger charge is 2.25. The lowest BCUT2D eigenvalue weighted by Crippen LogP contribution is -2.20. The number of hydrogen-bond acceptors (Lipinski definition) is 4. The van der Waals surface area contributed by atoms with Crippen molar-refractivity contribution in [2.45, 2.75) is 19.8 Å². The van der Waals surface area contributed by atoms with E-state index < -0.39 is 29.6 Å². The van der Waals surface area contributed by atoms with Gasteiger partial charge >= 0.3 is 17.5 Å². The molecule has 1 rings (SSSR count). The summed E-state index contributed by atoms with van der Waals surface area (Å²) in [5.74, 6) is -0.524. The maximum absolute atomic E-state index is 12.4. The van der Waals surface area contributed by atoms with Crippen molar-refractivity contribution >= 4 is 17.5 Å². The number of hydrogen-bond donors (Lipinski definition) is 1. The van der Waals surface area contributed by atoms with E-state index in [1.165, 1.54) is 6.92 Å². The Bertz CT molecular complexity index is 574. The molecule has 0 bridgehead atoms. The molecule has 0 aliphatic carbocycles. The van der Waals surface area contributed by atoms with Gasteiger partial charge in [0.2, 0.25) is 0 Å². The van der Waals surface area contributed by atoms with E-state index >= 15 is 0 Å². The lowest BCUT2D eigenvalue weighted by molar-refractivity contribution is 0.439. The van der Waals surface area contributed by atoms with Crippen molar-refractivity contribution < 1.29 is 29.4 Å². The first-order chi connectivity index (χ1) is 8.52. The van der Waals surface area contributed by atoms with Crippen LogP contribution >= 0.6 is 0 Å². The number of benzene rings is 1. The third kappa shape index (κ3) is 5.07. The molecule has 4 nitrogen and oxygen atoms in total. The van der Waals surface area contributed by atoms with E-state index in [4.69, 9.17) is 5.73 Å². The van der Waals surface area contributed by atoms with Crippen LogP contribution in [0.3, 0.4) is 0 Å². The minimum Gasteiger partial charge on any atom is -0.449 e. The quantitative estimate of drug-likeness (QED) is 0.513. The van der Waals surface area contributed by atoms with Crippen LogP contribution in [0.2, 0.25) is 0 Å². The van der Waals surface area contributed by atoms with E-state index in [9.17, 15) is 25.3 Å². The highest BCUT2D eigenvalue weighted by atomic mass is 32.3. The maximum atomic E-state index is 12.4. The summed E-state index contributed by atoms with van der Waals surface area (Å²) in [6.07, 6.45) is -1.22. The minimum atomic E-state index is -5.29. The molecule has 19 heavy (non-hydrogen) atoms. The zero-order valence-electron chi connectivity index (χ0n) is 9.87. The van der Waals surface area contributed by atoms with Gasteiger partial charge in [-0.05, 0) is 30.2 Å². The molecule has 0 saturated carbocycles. The summed E-state index contributed by atoms with van der Waals surface area (Å²) in [5, 5.41) is 0. The van der Waals surface area contributed by atoms with Gasteiger partial charge in [-0.1, -0.05) is 15.8 Å². The summed E-state index contributed by atoms with van der Waals surface area (Å²) < 4.78 is 74.3. The zero-order valence-corrected chi connectivity index (χ0v) is 10.7. The molecule has 0 radical (unpaired) electrons. The van der Waals surface area contributed by atoms with E-state index in [0.29, 0.717) is 0 Å². The summed E-state index contributed by atoms with van der Waals surface area (Å²) in [7, 11) is -5.29. The van der Waals surface area contributed by atoms with E-state index in [-0.39, 0.29) is 23.2 Å². The smallest absolute Gasteiger partial charge is 0.449 e. The Labute approximate surface area is 108 Å². The lowest BCUT2D eigenvalue weighted by atomic mass is 9.79. The molecule has 0 heterocycles. The standard InChI is InChI=1S/C9H11BF4NO3S/c1-6-7(4-10(11,12)13)2-9(3-8(6)5-15)18-19(14,16)17/h2-3H,4-5,15H2,1H3/q-1. The van der Waals surface area contributed by atoms with Crippen LogP contribution in [0.4, 0.5) is 16.8 Å². The Morgan fingerprint density at radius 2 is 1.79 bits per heavy atom. The molecule has 0 saturated heterocycles. The van der Waals surface area contributed by atoms with Crippen LogP contribution in [0, 0.1) is 6.92 Å². The van der Waals surface area contributed by atoms with Crippen LogP contribution in [-0.2, 0) is 23.4 Å². The van der Waals surface area contributed by atoms with Crippen molar-refractivity contribution in [1.29, 1.82) is 0 Å². The van der Waals surface area contributed by atoms with Crippen LogP contribution in [0.15, 0.2) is 12.1 Å². The normalized spacial score (nSPS) is 12.5. The minimum absolute atomic E-state index is 0.118. The maximum Gasteiger partial charge on any atom is 0.488 e. The summed E-state index contributed by atoms with van der Waals surface area (Å²) in [4.78, 5) is 0. The SMILES string of the molecule is Cc1c(CN)cc(OS(=O)(=O)F)cc1C[B-](F)(F)F.